The van der Waals surface area contributed by atoms with Gasteiger partial charge in [-0.2, -0.15) is 4.59 Å². The molecule has 0 atom stereocenters. The number of hydrogen-bond acceptors (Lipinski definition) is 2. The van der Waals surface area contributed by atoms with Crippen molar-refractivity contribution >= 4 is 6.01 Å². The molecule has 1 rings (SSSR count). The third kappa shape index (κ3) is 7.23. The van der Waals surface area contributed by atoms with E-state index in [1.165, 1.54) is 5.56 Å². The first-order valence-electron chi connectivity index (χ1n) is 5.85. The minimum atomic E-state index is -0.115. The highest BCUT2D eigenvalue weighted by molar-refractivity contribution is 5.40. The molecule has 0 amide bonds. The lowest BCUT2D eigenvalue weighted by atomic mass is 10.1. The molecular weight excluding hydrogens is 246 g/mol. The molecule has 0 aliphatic carbocycles. The number of benzene rings is 1. The third-order valence-corrected chi connectivity index (χ3v) is 2.11. The summed E-state index contributed by atoms with van der Waals surface area (Å²) in [6.45, 7) is 6.94. The molecule has 0 unspecified atom stereocenters. The molecule has 0 bridgehead atoms. The van der Waals surface area contributed by atoms with Crippen molar-refractivity contribution in [2.75, 3.05) is 14.1 Å². The van der Waals surface area contributed by atoms with Gasteiger partial charge >= 0.3 is 0 Å². The van der Waals surface area contributed by atoms with Gasteiger partial charge in [0.2, 0.25) is 0 Å². The average molecular weight is 268 g/mol. The number of aliphatic imine (C=N–C) groups is 1. The monoisotopic (exact) mass is 267 g/mol. The highest BCUT2D eigenvalue weighted by atomic mass is 35.5. The highest BCUT2D eigenvalue weighted by Crippen LogP contribution is 2.09. The van der Waals surface area contributed by atoms with Gasteiger partial charge in [0.15, 0.2) is 6.01 Å². The molecule has 1 aromatic carbocycles. The standard InChI is InChI=1S/C14H22N3.ClH/c1-14(2,3)15-12-16-17(4,5)11-13-9-7-6-8-10-13;/h6-10H,11H2,1-5H3;1H/q+1;/p-1. The van der Waals surface area contributed by atoms with Gasteiger partial charge < -0.3 is 12.4 Å². The fraction of sp³-hybridized carbons (Fsp3) is 0.500. The van der Waals surface area contributed by atoms with Gasteiger partial charge in [0, 0.05) is 5.56 Å². The summed E-state index contributed by atoms with van der Waals surface area (Å²) in [6, 6.07) is 13.1. The van der Waals surface area contributed by atoms with Crippen LogP contribution in [-0.4, -0.2) is 30.2 Å². The molecule has 3 nitrogen and oxygen atoms in total. The van der Waals surface area contributed by atoms with Crippen LogP contribution in [0.2, 0.25) is 0 Å². The molecule has 18 heavy (non-hydrogen) atoms. The SMILES string of the molecule is CC(C)(C)N=C=N[N+](C)(C)Cc1ccccc1.[Cl-]. The van der Waals surface area contributed by atoms with E-state index in [9.17, 15) is 0 Å². The minimum Gasteiger partial charge on any atom is -1.00 e. The van der Waals surface area contributed by atoms with E-state index in [0.29, 0.717) is 4.59 Å². The Kier molecular flexibility index (Phi) is 6.27. The molecule has 0 heterocycles. The largest absolute Gasteiger partial charge is 1.00 e. The first kappa shape index (κ1) is 16.9. The Bertz CT molecular complexity index is 412. The molecular formula is C14H22ClN3. The first-order valence-corrected chi connectivity index (χ1v) is 5.85. The third-order valence-electron chi connectivity index (χ3n) is 2.11. The Balaban J connectivity index is 0.00000289. The summed E-state index contributed by atoms with van der Waals surface area (Å²) in [5.41, 5.74) is 1.15. The van der Waals surface area contributed by atoms with Crippen molar-refractivity contribution in [1.29, 1.82) is 0 Å². The number of rotatable bonds is 3. The summed E-state index contributed by atoms with van der Waals surface area (Å²) in [6.07, 6.45) is 0. The second-order valence-corrected chi connectivity index (χ2v) is 5.75. The van der Waals surface area contributed by atoms with Gasteiger partial charge in [0.1, 0.15) is 6.54 Å². The van der Waals surface area contributed by atoms with Crippen molar-refractivity contribution in [3.63, 3.8) is 0 Å². The lowest BCUT2D eigenvalue weighted by Gasteiger charge is -2.20. The van der Waals surface area contributed by atoms with Crippen molar-refractivity contribution in [2.45, 2.75) is 32.9 Å². The predicted molar refractivity (Wildman–Crippen MR) is 71.9 cm³/mol. The van der Waals surface area contributed by atoms with Crippen LogP contribution in [0.1, 0.15) is 26.3 Å². The Morgan fingerprint density at radius 3 is 2.17 bits per heavy atom. The van der Waals surface area contributed by atoms with Crippen LogP contribution >= 0.6 is 0 Å². The molecule has 0 fully saturated rings. The van der Waals surface area contributed by atoms with Crippen LogP contribution < -0.4 is 12.4 Å². The lowest BCUT2D eigenvalue weighted by molar-refractivity contribution is -0.909. The van der Waals surface area contributed by atoms with Gasteiger partial charge in [0.25, 0.3) is 0 Å². The lowest BCUT2D eigenvalue weighted by Crippen LogP contribution is -3.00. The van der Waals surface area contributed by atoms with Gasteiger partial charge in [-0.1, -0.05) is 30.3 Å². The normalized spacial score (nSPS) is 11.2. The minimum absolute atomic E-state index is 0. The topological polar surface area (TPSA) is 24.7 Å². The Hall–Kier alpha value is -1.15. The average Bonchev–Trinajstić information content (AvgIpc) is 2.15. The van der Waals surface area contributed by atoms with Gasteiger partial charge in [0.05, 0.1) is 19.6 Å². The summed E-state index contributed by atoms with van der Waals surface area (Å²) in [7, 11) is 4.08. The second kappa shape index (κ2) is 6.69. The summed E-state index contributed by atoms with van der Waals surface area (Å²) in [4.78, 5) is 4.25. The molecule has 0 saturated carbocycles. The second-order valence-electron chi connectivity index (χ2n) is 5.75. The van der Waals surface area contributed by atoms with Crippen LogP contribution in [0, 0.1) is 0 Å². The molecule has 0 saturated heterocycles. The Morgan fingerprint density at radius 2 is 1.67 bits per heavy atom. The van der Waals surface area contributed by atoms with E-state index in [-0.39, 0.29) is 17.9 Å². The van der Waals surface area contributed by atoms with Crippen LogP contribution in [0.15, 0.2) is 40.4 Å². The van der Waals surface area contributed by atoms with Gasteiger partial charge in [-0.25, -0.2) is 4.99 Å². The quantitative estimate of drug-likeness (QED) is 0.423. The molecule has 4 heteroatoms. The van der Waals surface area contributed by atoms with Crippen LogP contribution in [0.3, 0.4) is 0 Å². The fourth-order valence-corrected chi connectivity index (χ4v) is 1.36. The molecule has 0 aliphatic heterocycles. The maximum absolute atomic E-state index is 4.36. The summed E-state index contributed by atoms with van der Waals surface area (Å²) in [5.74, 6) is 0. The number of hydrogen-bond donors (Lipinski definition) is 0. The van der Waals surface area contributed by atoms with Crippen LogP contribution in [0.25, 0.3) is 0 Å². The molecule has 0 N–H and O–H groups in total. The number of nitrogens with zero attached hydrogens (tertiary/aromatic N) is 3. The summed E-state index contributed by atoms with van der Waals surface area (Å²) < 4.78 is 0.504. The number of halogens is 1. The van der Waals surface area contributed by atoms with E-state index >= 15 is 0 Å². The van der Waals surface area contributed by atoms with Crippen molar-refractivity contribution in [1.82, 2.24) is 0 Å². The molecule has 0 radical (unpaired) electrons. The van der Waals surface area contributed by atoms with Gasteiger partial charge in [-0.05, 0) is 25.9 Å². The first-order chi connectivity index (χ1) is 7.79. The van der Waals surface area contributed by atoms with E-state index in [4.69, 9.17) is 0 Å². The Morgan fingerprint density at radius 1 is 1.11 bits per heavy atom. The van der Waals surface area contributed by atoms with E-state index in [2.05, 4.69) is 28.2 Å². The van der Waals surface area contributed by atoms with Crippen molar-refractivity contribution in [3.05, 3.63) is 35.9 Å². The van der Waals surface area contributed by atoms with Crippen LogP contribution in [0.5, 0.6) is 0 Å². The molecule has 1 aromatic rings. The molecule has 0 aliphatic rings. The van der Waals surface area contributed by atoms with Crippen molar-refractivity contribution in [3.8, 4) is 0 Å². The van der Waals surface area contributed by atoms with E-state index in [1.54, 1.807) is 0 Å². The summed E-state index contributed by atoms with van der Waals surface area (Å²) >= 11 is 0. The zero-order valence-electron chi connectivity index (χ0n) is 11.8. The van der Waals surface area contributed by atoms with Crippen LogP contribution in [0.4, 0.5) is 0 Å². The van der Waals surface area contributed by atoms with Crippen molar-refractivity contribution < 1.29 is 17.0 Å². The van der Waals surface area contributed by atoms with Gasteiger partial charge in [-0.15, -0.1) is 0 Å². The zero-order valence-corrected chi connectivity index (χ0v) is 12.6. The molecule has 100 valence electrons. The predicted octanol–water partition coefficient (Wildman–Crippen LogP) is 0.154. The van der Waals surface area contributed by atoms with E-state index in [1.807, 2.05) is 53.1 Å². The maximum atomic E-state index is 4.36. The molecule has 0 aromatic heterocycles. The van der Waals surface area contributed by atoms with E-state index in [0.717, 1.165) is 6.54 Å². The van der Waals surface area contributed by atoms with Gasteiger partial charge in [-0.3, -0.25) is 0 Å². The smallest absolute Gasteiger partial charge is 0.153 e. The molecule has 0 spiro atoms. The Labute approximate surface area is 116 Å². The highest BCUT2D eigenvalue weighted by Gasteiger charge is 2.14. The van der Waals surface area contributed by atoms with Crippen LogP contribution in [-0.2, 0) is 6.54 Å². The number of quaternary nitrogens is 1. The van der Waals surface area contributed by atoms with Crippen molar-refractivity contribution in [2.24, 2.45) is 10.1 Å². The van der Waals surface area contributed by atoms with E-state index < -0.39 is 0 Å². The summed E-state index contributed by atoms with van der Waals surface area (Å²) in [5, 5.41) is 4.36. The fourth-order valence-electron chi connectivity index (χ4n) is 1.36. The zero-order chi connectivity index (χ0) is 12.9. The maximum Gasteiger partial charge on any atom is 0.153 e.